The fourth-order valence-electron chi connectivity index (χ4n) is 1.45. The van der Waals surface area contributed by atoms with Crippen LogP contribution in [0.15, 0.2) is 18.2 Å². The molecule has 0 fully saturated rings. The van der Waals surface area contributed by atoms with E-state index >= 15 is 0 Å². The molecule has 1 amide bonds. The summed E-state index contributed by atoms with van der Waals surface area (Å²) < 4.78 is 0. The Kier molecular flexibility index (Phi) is 4.23. The molecule has 0 heterocycles. The number of hydrogen-bond acceptors (Lipinski definition) is 2. The Hall–Kier alpha value is -1.64. The first-order valence-electron chi connectivity index (χ1n) is 5.31. The fraction of sp³-hybridized carbons (Fsp3) is 0.385. The minimum atomic E-state index is -0.107. The highest BCUT2D eigenvalue weighted by Gasteiger charge is 2.06. The van der Waals surface area contributed by atoms with Crippen molar-refractivity contribution in [2.45, 2.75) is 27.2 Å². The Morgan fingerprint density at radius 3 is 2.56 bits per heavy atom. The fourth-order valence-corrected chi connectivity index (χ4v) is 1.45. The molecule has 0 unspecified atom stereocenters. The zero-order valence-electron chi connectivity index (χ0n) is 9.96. The number of rotatable bonds is 4. The number of ketones is 1. The quantitative estimate of drug-likeness (QED) is 0.835. The second kappa shape index (κ2) is 5.45. The number of hydrogen-bond donors (Lipinski definition) is 1. The standard InChI is InChI=1S/C13H17NO2/c1-9-4-5-10(2)12(6-9)7-13(16)14-8-11(3)15/h4-6H,7-8H2,1-3H3,(H,14,16). The first-order valence-corrected chi connectivity index (χ1v) is 5.31. The molecule has 3 nitrogen and oxygen atoms in total. The predicted molar refractivity (Wildman–Crippen MR) is 63.3 cm³/mol. The van der Waals surface area contributed by atoms with Gasteiger partial charge in [0.2, 0.25) is 5.91 Å². The van der Waals surface area contributed by atoms with E-state index in [2.05, 4.69) is 5.32 Å². The number of amides is 1. The third-order valence-electron chi connectivity index (χ3n) is 2.39. The number of aryl methyl sites for hydroxylation is 2. The van der Waals surface area contributed by atoms with Gasteiger partial charge in [0.05, 0.1) is 13.0 Å². The highest BCUT2D eigenvalue weighted by Crippen LogP contribution is 2.11. The van der Waals surface area contributed by atoms with E-state index in [1.54, 1.807) is 0 Å². The molecule has 0 saturated heterocycles. The minimum Gasteiger partial charge on any atom is -0.349 e. The zero-order valence-corrected chi connectivity index (χ0v) is 9.96. The highest BCUT2D eigenvalue weighted by molar-refractivity contribution is 5.85. The molecule has 0 aliphatic carbocycles. The van der Waals surface area contributed by atoms with Crippen molar-refractivity contribution in [1.82, 2.24) is 5.32 Å². The molecule has 1 N–H and O–H groups in total. The summed E-state index contributed by atoms with van der Waals surface area (Å²) in [4.78, 5) is 22.2. The van der Waals surface area contributed by atoms with E-state index < -0.39 is 0 Å². The SMILES string of the molecule is CC(=O)CNC(=O)Cc1cc(C)ccc1C. The third kappa shape index (κ3) is 3.85. The molecule has 0 aliphatic rings. The van der Waals surface area contributed by atoms with Crippen LogP contribution in [0.1, 0.15) is 23.6 Å². The van der Waals surface area contributed by atoms with E-state index in [-0.39, 0.29) is 18.2 Å². The zero-order chi connectivity index (χ0) is 12.1. The van der Waals surface area contributed by atoms with Crippen molar-refractivity contribution in [3.05, 3.63) is 34.9 Å². The van der Waals surface area contributed by atoms with Crippen molar-refractivity contribution < 1.29 is 9.59 Å². The molecule has 1 aromatic carbocycles. The molecule has 0 aromatic heterocycles. The monoisotopic (exact) mass is 219 g/mol. The van der Waals surface area contributed by atoms with Gasteiger partial charge in [0.25, 0.3) is 0 Å². The number of benzene rings is 1. The van der Waals surface area contributed by atoms with Crippen molar-refractivity contribution in [2.24, 2.45) is 0 Å². The normalized spacial score (nSPS) is 9.94. The van der Waals surface area contributed by atoms with Crippen molar-refractivity contribution >= 4 is 11.7 Å². The van der Waals surface area contributed by atoms with Crippen molar-refractivity contribution in [2.75, 3.05) is 6.54 Å². The Balaban J connectivity index is 2.62. The van der Waals surface area contributed by atoms with Gasteiger partial charge in [0, 0.05) is 0 Å². The molecular formula is C13H17NO2. The first-order chi connectivity index (χ1) is 7.49. The lowest BCUT2D eigenvalue weighted by molar-refractivity contribution is -0.124. The van der Waals surface area contributed by atoms with Crippen LogP contribution < -0.4 is 5.32 Å². The maximum Gasteiger partial charge on any atom is 0.224 e. The van der Waals surface area contributed by atoms with Gasteiger partial charge in [-0.25, -0.2) is 0 Å². The van der Waals surface area contributed by atoms with Crippen LogP contribution in [-0.4, -0.2) is 18.2 Å². The molecule has 0 bridgehead atoms. The van der Waals surface area contributed by atoms with Gasteiger partial charge in [-0.3, -0.25) is 9.59 Å². The molecule has 1 rings (SSSR count). The summed E-state index contributed by atoms with van der Waals surface area (Å²) in [5, 5.41) is 2.59. The molecule has 0 spiro atoms. The van der Waals surface area contributed by atoms with Crippen LogP contribution in [0.3, 0.4) is 0 Å². The van der Waals surface area contributed by atoms with Crippen LogP contribution in [0.2, 0.25) is 0 Å². The summed E-state index contributed by atoms with van der Waals surface area (Å²) in [7, 11) is 0. The summed E-state index contributed by atoms with van der Waals surface area (Å²) in [6.07, 6.45) is 0.334. The second-order valence-electron chi connectivity index (χ2n) is 4.09. The van der Waals surface area contributed by atoms with Crippen LogP contribution in [0, 0.1) is 13.8 Å². The van der Waals surface area contributed by atoms with E-state index in [9.17, 15) is 9.59 Å². The summed E-state index contributed by atoms with van der Waals surface area (Å²) in [5.41, 5.74) is 3.25. The largest absolute Gasteiger partial charge is 0.349 e. The predicted octanol–water partition coefficient (Wildman–Crippen LogP) is 1.55. The van der Waals surface area contributed by atoms with Gasteiger partial charge in [-0.2, -0.15) is 0 Å². The average Bonchev–Trinajstić information content (AvgIpc) is 2.20. The van der Waals surface area contributed by atoms with Gasteiger partial charge in [-0.05, 0) is 31.9 Å². The smallest absolute Gasteiger partial charge is 0.224 e. The average molecular weight is 219 g/mol. The summed E-state index contributed by atoms with van der Waals surface area (Å²) in [6, 6.07) is 6.03. The molecule has 0 saturated carbocycles. The molecule has 86 valence electrons. The maximum absolute atomic E-state index is 11.5. The molecule has 0 radical (unpaired) electrons. The van der Waals surface area contributed by atoms with Crippen LogP contribution in [0.5, 0.6) is 0 Å². The number of carbonyl (C=O) groups is 2. The Morgan fingerprint density at radius 1 is 1.25 bits per heavy atom. The van der Waals surface area contributed by atoms with Gasteiger partial charge < -0.3 is 5.32 Å². The number of Topliss-reactive ketones (excluding diaryl/α,β-unsaturated/α-hetero) is 1. The van der Waals surface area contributed by atoms with Crippen LogP contribution in [0.25, 0.3) is 0 Å². The summed E-state index contributed by atoms with van der Waals surface area (Å²) >= 11 is 0. The number of carbonyl (C=O) groups excluding carboxylic acids is 2. The minimum absolute atomic E-state index is 0.0330. The maximum atomic E-state index is 11.5. The van der Waals surface area contributed by atoms with Gasteiger partial charge in [-0.15, -0.1) is 0 Å². The topological polar surface area (TPSA) is 46.2 Å². The van der Waals surface area contributed by atoms with E-state index in [4.69, 9.17) is 0 Å². The molecule has 3 heteroatoms. The lowest BCUT2D eigenvalue weighted by atomic mass is 10.0. The Labute approximate surface area is 95.9 Å². The highest BCUT2D eigenvalue weighted by atomic mass is 16.2. The van der Waals surface area contributed by atoms with Crippen molar-refractivity contribution in [3.8, 4) is 0 Å². The van der Waals surface area contributed by atoms with E-state index in [0.717, 1.165) is 16.7 Å². The molecule has 1 aromatic rings. The lowest BCUT2D eigenvalue weighted by Crippen LogP contribution is -2.29. The molecule has 0 aliphatic heterocycles. The molecular weight excluding hydrogens is 202 g/mol. The summed E-state index contributed by atoms with van der Waals surface area (Å²) in [6.45, 7) is 5.55. The number of nitrogens with one attached hydrogen (secondary N) is 1. The van der Waals surface area contributed by atoms with Gasteiger partial charge in [0.1, 0.15) is 5.78 Å². The van der Waals surface area contributed by atoms with Gasteiger partial charge >= 0.3 is 0 Å². The van der Waals surface area contributed by atoms with E-state index in [0.29, 0.717) is 6.42 Å². The second-order valence-corrected chi connectivity index (χ2v) is 4.09. The van der Waals surface area contributed by atoms with Crippen LogP contribution in [0.4, 0.5) is 0 Å². The van der Waals surface area contributed by atoms with Crippen LogP contribution >= 0.6 is 0 Å². The third-order valence-corrected chi connectivity index (χ3v) is 2.39. The molecule has 16 heavy (non-hydrogen) atoms. The van der Waals surface area contributed by atoms with E-state index in [1.807, 2.05) is 32.0 Å². The van der Waals surface area contributed by atoms with Crippen molar-refractivity contribution in [3.63, 3.8) is 0 Å². The molecule has 0 atom stereocenters. The van der Waals surface area contributed by atoms with E-state index in [1.165, 1.54) is 6.92 Å². The Bertz CT molecular complexity index is 410. The van der Waals surface area contributed by atoms with Crippen molar-refractivity contribution in [1.29, 1.82) is 0 Å². The van der Waals surface area contributed by atoms with Gasteiger partial charge in [-0.1, -0.05) is 23.8 Å². The lowest BCUT2D eigenvalue weighted by Gasteiger charge is -2.07. The van der Waals surface area contributed by atoms with Crippen LogP contribution in [-0.2, 0) is 16.0 Å². The first kappa shape index (κ1) is 12.4. The Morgan fingerprint density at radius 2 is 1.94 bits per heavy atom. The van der Waals surface area contributed by atoms with Gasteiger partial charge in [0.15, 0.2) is 0 Å². The summed E-state index contributed by atoms with van der Waals surface area (Å²) in [5.74, 6) is -0.141.